The fourth-order valence-electron chi connectivity index (χ4n) is 2.08. The Morgan fingerprint density at radius 2 is 1.71 bits per heavy atom. The third kappa shape index (κ3) is 4.27. The normalized spacial score (nSPS) is 11.0. The molecule has 5 nitrogen and oxygen atoms in total. The Labute approximate surface area is 133 Å². The Morgan fingerprint density at radius 1 is 1.14 bits per heavy atom. The minimum absolute atomic E-state index is 0.202. The van der Waals surface area contributed by atoms with E-state index in [2.05, 4.69) is 20.9 Å². The van der Waals surface area contributed by atoms with Crippen molar-refractivity contribution in [3.63, 3.8) is 0 Å². The van der Waals surface area contributed by atoms with E-state index in [1.54, 1.807) is 33.2 Å². The SMILES string of the molecule is CCOC(=O)C(CC)(Cc1cncc(Br)c1)C(=O)OCC. The molecule has 0 unspecified atom stereocenters. The van der Waals surface area contributed by atoms with Crippen LogP contribution in [0.25, 0.3) is 0 Å². The van der Waals surface area contributed by atoms with Gasteiger partial charge in [-0.15, -0.1) is 0 Å². The number of ether oxygens (including phenoxy) is 2. The molecule has 116 valence electrons. The largest absolute Gasteiger partial charge is 0.465 e. The van der Waals surface area contributed by atoms with E-state index in [1.165, 1.54) is 0 Å². The number of carbonyl (C=O) groups excluding carboxylic acids is 2. The molecule has 1 aromatic rings. The molecule has 1 heterocycles. The van der Waals surface area contributed by atoms with Gasteiger partial charge in [0.1, 0.15) is 0 Å². The monoisotopic (exact) mass is 357 g/mol. The van der Waals surface area contributed by atoms with E-state index in [1.807, 2.05) is 6.07 Å². The van der Waals surface area contributed by atoms with Gasteiger partial charge in [-0.25, -0.2) is 0 Å². The van der Waals surface area contributed by atoms with E-state index in [0.717, 1.165) is 10.0 Å². The summed E-state index contributed by atoms with van der Waals surface area (Å²) in [5.74, 6) is -1.10. The molecular formula is C15H20BrNO4. The van der Waals surface area contributed by atoms with Crippen LogP contribution in [-0.2, 0) is 25.5 Å². The fourth-order valence-corrected chi connectivity index (χ4v) is 2.49. The van der Waals surface area contributed by atoms with Crippen molar-refractivity contribution in [1.82, 2.24) is 4.98 Å². The van der Waals surface area contributed by atoms with Crippen molar-refractivity contribution < 1.29 is 19.1 Å². The van der Waals surface area contributed by atoms with Crippen molar-refractivity contribution in [2.45, 2.75) is 33.6 Å². The number of nitrogens with zero attached hydrogens (tertiary/aromatic N) is 1. The van der Waals surface area contributed by atoms with Crippen LogP contribution in [-0.4, -0.2) is 30.1 Å². The lowest BCUT2D eigenvalue weighted by Crippen LogP contribution is -2.43. The van der Waals surface area contributed by atoms with Crippen LogP contribution in [0.15, 0.2) is 22.9 Å². The number of halogens is 1. The van der Waals surface area contributed by atoms with Gasteiger partial charge in [-0.1, -0.05) is 6.92 Å². The van der Waals surface area contributed by atoms with Crippen molar-refractivity contribution >= 4 is 27.9 Å². The van der Waals surface area contributed by atoms with Gasteiger partial charge in [0, 0.05) is 23.3 Å². The Kier molecular flexibility index (Phi) is 6.81. The maximum absolute atomic E-state index is 12.3. The lowest BCUT2D eigenvalue weighted by atomic mass is 9.79. The first kappa shape index (κ1) is 17.6. The first-order chi connectivity index (χ1) is 10.00. The number of esters is 2. The van der Waals surface area contributed by atoms with Gasteiger partial charge in [0.2, 0.25) is 0 Å². The van der Waals surface area contributed by atoms with E-state index < -0.39 is 17.4 Å². The summed E-state index contributed by atoms with van der Waals surface area (Å²) in [4.78, 5) is 28.8. The summed E-state index contributed by atoms with van der Waals surface area (Å²) in [5, 5.41) is 0. The van der Waals surface area contributed by atoms with Crippen molar-refractivity contribution in [3.8, 4) is 0 Å². The molecule has 21 heavy (non-hydrogen) atoms. The van der Waals surface area contributed by atoms with Crippen LogP contribution in [0, 0.1) is 5.41 Å². The molecule has 0 N–H and O–H groups in total. The third-order valence-corrected chi connectivity index (χ3v) is 3.64. The van der Waals surface area contributed by atoms with Crippen LogP contribution in [0.2, 0.25) is 0 Å². The first-order valence-corrected chi connectivity index (χ1v) is 7.73. The highest BCUT2D eigenvalue weighted by atomic mass is 79.9. The zero-order valence-corrected chi connectivity index (χ0v) is 14.1. The smallest absolute Gasteiger partial charge is 0.323 e. The minimum atomic E-state index is -1.32. The maximum atomic E-state index is 12.3. The van der Waals surface area contributed by atoms with E-state index in [-0.39, 0.29) is 19.6 Å². The van der Waals surface area contributed by atoms with Gasteiger partial charge >= 0.3 is 11.9 Å². The van der Waals surface area contributed by atoms with Crippen LogP contribution in [0.3, 0.4) is 0 Å². The predicted molar refractivity (Wildman–Crippen MR) is 81.6 cm³/mol. The summed E-state index contributed by atoms with van der Waals surface area (Å²) < 4.78 is 11.0. The molecule has 0 bridgehead atoms. The summed E-state index contributed by atoms with van der Waals surface area (Å²) in [5.41, 5.74) is -0.554. The van der Waals surface area contributed by atoms with Gasteiger partial charge < -0.3 is 9.47 Å². The number of hydrogen-bond donors (Lipinski definition) is 0. The molecule has 0 saturated carbocycles. The van der Waals surface area contributed by atoms with Crippen LogP contribution in [0.4, 0.5) is 0 Å². The van der Waals surface area contributed by atoms with E-state index >= 15 is 0 Å². The molecule has 0 aromatic carbocycles. The molecule has 1 aromatic heterocycles. The first-order valence-electron chi connectivity index (χ1n) is 6.94. The molecule has 0 radical (unpaired) electrons. The van der Waals surface area contributed by atoms with Crippen LogP contribution >= 0.6 is 15.9 Å². The Balaban J connectivity index is 3.16. The highest BCUT2D eigenvalue weighted by Crippen LogP contribution is 2.31. The molecule has 0 amide bonds. The third-order valence-electron chi connectivity index (χ3n) is 3.20. The summed E-state index contributed by atoms with van der Waals surface area (Å²) in [6, 6.07) is 1.83. The Morgan fingerprint density at radius 3 is 2.14 bits per heavy atom. The number of aromatic nitrogens is 1. The molecule has 6 heteroatoms. The second-order valence-electron chi connectivity index (χ2n) is 4.56. The van der Waals surface area contributed by atoms with E-state index in [0.29, 0.717) is 6.42 Å². The molecular weight excluding hydrogens is 338 g/mol. The lowest BCUT2D eigenvalue weighted by Gasteiger charge is -2.28. The van der Waals surface area contributed by atoms with Crippen LogP contribution < -0.4 is 0 Å². The highest BCUT2D eigenvalue weighted by Gasteiger charge is 2.47. The lowest BCUT2D eigenvalue weighted by molar-refractivity contribution is -0.172. The molecule has 0 atom stereocenters. The zero-order valence-electron chi connectivity index (χ0n) is 12.5. The average molecular weight is 358 g/mol. The molecule has 0 saturated heterocycles. The minimum Gasteiger partial charge on any atom is -0.465 e. The van der Waals surface area contributed by atoms with Crippen molar-refractivity contribution in [2.24, 2.45) is 5.41 Å². The second kappa shape index (κ2) is 8.12. The van der Waals surface area contributed by atoms with Crippen molar-refractivity contribution in [2.75, 3.05) is 13.2 Å². The maximum Gasteiger partial charge on any atom is 0.323 e. The van der Waals surface area contributed by atoms with Crippen molar-refractivity contribution in [1.29, 1.82) is 0 Å². The van der Waals surface area contributed by atoms with Crippen LogP contribution in [0.1, 0.15) is 32.8 Å². The predicted octanol–water partition coefficient (Wildman–Crippen LogP) is 2.91. The summed E-state index contributed by atoms with van der Waals surface area (Å²) in [7, 11) is 0. The quantitative estimate of drug-likeness (QED) is 0.554. The van der Waals surface area contributed by atoms with E-state index in [9.17, 15) is 9.59 Å². The fraction of sp³-hybridized carbons (Fsp3) is 0.533. The van der Waals surface area contributed by atoms with Gasteiger partial charge in [-0.05, 0) is 47.8 Å². The Hall–Kier alpha value is -1.43. The molecule has 0 spiro atoms. The van der Waals surface area contributed by atoms with Crippen LogP contribution in [0.5, 0.6) is 0 Å². The van der Waals surface area contributed by atoms with Gasteiger partial charge in [0.05, 0.1) is 13.2 Å². The summed E-state index contributed by atoms with van der Waals surface area (Å²) >= 11 is 3.33. The topological polar surface area (TPSA) is 65.5 Å². The molecule has 0 fully saturated rings. The highest BCUT2D eigenvalue weighted by molar-refractivity contribution is 9.10. The van der Waals surface area contributed by atoms with Gasteiger partial charge in [-0.3, -0.25) is 14.6 Å². The molecule has 0 aliphatic rings. The van der Waals surface area contributed by atoms with Gasteiger partial charge in [0.15, 0.2) is 5.41 Å². The van der Waals surface area contributed by atoms with E-state index in [4.69, 9.17) is 9.47 Å². The number of pyridine rings is 1. The van der Waals surface area contributed by atoms with Crippen molar-refractivity contribution in [3.05, 3.63) is 28.5 Å². The van der Waals surface area contributed by atoms with Gasteiger partial charge in [0.25, 0.3) is 0 Å². The average Bonchev–Trinajstić information content (AvgIpc) is 2.45. The molecule has 1 rings (SSSR count). The number of rotatable bonds is 7. The number of hydrogen-bond acceptors (Lipinski definition) is 5. The summed E-state index contributed by atoms with van der Waals surface area (Å²) in [6.07, 6.45) is 3.78. The Bertz CT molecular complexity index is 486. The number of carbonyl (C=O) groups is 2. The second-order valence-corrected chi connectivity index (χ2v) is 5.48. The van der Waals surface area contributed by atoms with Gasteiger partial charge in [-0.2, -0.15) is 0 Å². The summed E-state index contributed by atoms with van der Waals surface area (Å²) in [6.45, 7) is 5.64. The standard InChI is InChI=1S/C15H20BrNO4/c1-4-15(13(18)20-5-2,14(19)21-6-3)8-11-7-12(16)10-17-9-11/h7,9-10H,4-6,8H2,1-3H3. The molecule has 0 aliphatic carbocycles. The molecule has 0 aliphatic heterocycles. The zero-order chi connectivity index (χ0) is 15.9.